The van der Waals surface area contributed by atoms with E-state index in [1.807, 2.05) is 6.07 Å². The van der Waals surface area contributed by atoms with Crippen LogP contribution in [-0.4, -0.2) is 22.6 Å². The normalized spacial score (nSPS) is 17.3. The number of hydrogen-bond acceptors (Lipinski definition) is 2. The summed E-state index contributed by atoms with van der Waals surface area (Å²) in [4.78, 5) is 2.42. The Balaban J connectivity index is 2.02. The Bertz CT molecular complexity index is 388. The standard InChI is InChI=1S/C15H22FNO/c1-2-17(13-6-4-3-5-7-13)11-12-8-9-15(18)14(16)10-12/h8-10,13,18H,2-7,11H2,1H3. The fourth-order valence-corrected chi connectivity index (χ4v) is 2.83. The molecule has 1 aliphatic rings. The van der Waals surface area contributed by atoms with Crippen LogP contribution in [0.3, 0.4) is 0 Å². The first kappa shape index (κ1) is 13.3. The second-order valence-corrected chi connectivity index (χ2v) is 5.14. The van der Waals surface area contributed by atoms with E-state index in [0.29, 0.717) is 6.04 Å². The van der Waals surface area contributed by atoms with Gasteiger partial charge in [0.1, 0.15) is 0 Å². The number of halogens is 1. The van der Waals surface area contributed by atoms with Gasteiger partial charge in [0, 0.05) is 12.6 Å². The van der Waals surface area contributed by atoms with Gasteiger partial charge in [0.15, 0.2) is 11.6 Å². The topological polar surface area (TPSA) is 23.5 Å². The molecule has 1 saturated carbocycles. The molecule has 0 saturated heterocycles. The van der Waals surface area contributed by atoms with Crippen molar-refractivity contribution in [3.63, 3.8) is 0 Å². The highest BCUT2D eigenvalue weighted by Crippen LogP contribution is 2.24. The Labute approximate surface area is 108 Å². The van der Waals surface area contributed by atoms with Crippen LogP contribution in [0.5, 0.6) is 5.75 Å². The lowest BCUT2D eigenvalue weighted by atomic mass is 9.94. The summed E-state index contributed by atoms with van der Waals surface area (Å²) in [6.45, 7) is 3.93. The van der Waals surface area contributed by atoms with Gasteiger partial charge in [0.25, 0.3) is 0 Å². The van der Waals surface area contributed by atoms with E-state index >= 15 is 0 Å². The molecule has 2 nitrogen and oxygen atoms in total. The highest BCUT2D eigenvalue weighted by Gasteiger charge is 2.20. The molecule has 0 amide bonds. The van der Waals surface area contributed by atoms with Crippen molar-refractivity contribution in [2.75, 3.05) is 6.54 Å². The average molecular weight is 251 g/mol. The van der Waals surface area contributed by atoms with Crippen LogP contribution in [-0.2, 0) is 6.54 Å². The van der Waals surface area contributed by atoms with Gasteiger partial charge in [-0.15, -0.1) is 0 Å². The molecule has 1 aliphatic carbocycles. The predicted octanol–water partition coefficient (Wildman–Crippen LogP) is 3.69. The van der Waals surface area contributed by atoms with Crippen molar-refractivity contribution in [3.05, 3.63) is 29.6 Å². The molecule has 1 fully saturated rings. The van der Waals surface area contributed by atoms with Crippen molar-refractivity contribution in [3.8, 4) is 5.75 Å². The fraction of sp³-hybridized carbons (Fsp3) is 0.600. The maximum Gasteiger partial charge on any atom is 0.165 e. The van der Waals surface area contributed by atoms with Gasteiger partial charge >= 0.3 is 0 Å². The molecular weight excluding hydrogens is 229 g/mol. The van der Waals surface area contributed by atoms with Crippen molar-refractivity contribution in [2.45, 2.75) is 51.6 Å². The summed E-state index contributed by atoms with van der Waals surface area (Å²) < 4.78 is 13.3. The molecule has 0 aromatic heterocycles. The summed E-state index contributed by atoms with van der Waals surface area (Å²) >= 11 is 0. The number of benzene rings is 1. The molecule has 1 N–H and O–H groups in total. The third kappa shape index (κ3) is 3.22. The van der Waals surface area contributed by atoms with E-state index in [4.69, 9.17) is 0 Å². The number of phenolic OH excluding ortho intramolecular Hbond substituents is 1. The smallest absolute Gasteiger partial charge is 0.165 e. The summed E-state index contributed by atoms with van der Waals surface area (Å²) in [5.74, 6) is -0.785. The Morgan fingerprint density at radius 1 is 1.28 bits per heavy atom. The molecule has 2 rings (SSSR count). The maximum absolute atomic E-state index is 13.3. The largest absolute Gasteiger partial charge is 0.505 e. The zero-order chi connectivity index (χ0) is 13.0. The highest BCUT2D eigenvalue weighted by molar-refractivity contribution is 5.28. The molecule has 0 atom stereocenters. The van der Waals surface area contributed by atoms with Gasteiger partial charge in [0.05, 0.1) is 0 Å². The van der Waals surface area contributed by atoms with Gasteiger partial charge in [-0.25, -0.2) is 4.39 Å². The lowest BCUT2D eigenvalue weighted by Crippen LogP contribution is -2.36. The van der Waals surface area contributed by atoms with Crippen LogP contribution in [0.2, 0.25) is 0 Å². The molecular formula is C15H22FNO. The highest BCUT2D eigenvalue weighted by atomic mass is 19.1. The minimum atomic E-state index is -0.521. The van der Waals surface area contributed by atoms with E-state index in [1.54, 1.807) is 0 Å². The minimum absolute atomic E-state index is 0.264. The lowest BCUT2D eigenvalue weighted by Gasteiger charge is -2.33. The van der Waals surface area contributed by atoms with Gasteiger partial charge in [-0.3, -0.25) is 4.90 Å². The van der Waals surface area contributed by atoms with E-state index in [9.17, 15) is 9.50 Å². The molecule has 0 bridgehead atoms. The molecule has 0 heterocycles. The summed E-state index contributed by atoms with van der Waals surface area (Å²) in [6.07, 6.45) is 6.49. The Kier molecular flexibility index (Phi) is 4.59. The van der Waals surface area contributed by atoms with Crippen molar-refractivity contribution < 1.29 is 9.50 Å². The zero-order valence-corrected chi connectivity index (χ0v) is 11.0. The summed E-state index contributed by atoms with van der Waals surface area (Å²) in [7, 11) is 0. The summed E-state index contributed by atoms with van der Waals surface area (Å²) in [5, 5.41) is 9.20. The number of nitrogens with zero attached hydrogens (tertiary/aromatic N) is 1. The minimum Gasteiger partial charge on any atom is -0.505 e. The van der Waals surface area contributed by atoms with Crippen molar-refractivity contribution in [1.82, 2.24) is 4.90 Å². The Hall–Kier alpha value is -1.09. The zero-order valence-electron chi connectivity index (χ0n) is 11.0. The van der Waals surface area contributed by atoms with Crippen LogP contribution >= 0.6 is 0 Å². The third-order valence-corrected chi connectivity index (χ3v) is 3.90. The maximum atomic E-state index is 13.3. The van der Waals surface area contributed by atoms with E-state index in [-0.39, 0.29) is 5.75 Å². The first-order valence-corrected chi connectivity index (χ1v) is 6.92. The first-order valence-electron chi connectivity index (χ1n) is 6.92. The Morgan fingerprint density at radius 3 is 2.61 bits per heavy atom. The van der Waals surface area contributed by atoms with E-state index in [1.165, 1.54) is 44.2 Å². The fourth-order valence-electron chi connectivity index (χ4n) is 2.83. The van der Waals surface area contributed by atoms with Crippen molar-refractivity contribution in [2.24, 2.45) is 0 Å². The SMILES string of the molecule is CCN(Cc1ccc(O)c(F)c1)C1CCCCC1. The van der Waals surface area contributed by atoms with Crippen LogP contribution in [0.25, 0.3) is 0 Å². The summed E-state index contributed by atoms with van der Waals surface area (Å²) in [6, 6.07) is 5.34. The first-order chi connectivity index (χ1) is 8.70. The van der Waals surface area contributed by atoms with Crippen LogP contribution in [0.1, 0.15) is 44.6 Å². The molecule has 18 heavy (non-hydrogen) atoms. The molecule has 0 radical (unpaired) electrons. The van der Waals surface area contributed by atoms with Crippen LogP contribution in [0, 0.1) is 5.82 Å². The van der Waals surface area contributed by atoms with Gasteiger partial charge in [-0.05, 0) is 37.1 Å². The summed E-state index contributed by atoms with van der Waals surface area (Å²) in [5.41, 5.74) is 0.942. The predicted molar refractivity (Wildman–Crippen MR) is 71.0 cm³/mol. The third-order valence-electron chi connectivity index (χ3n) is 3.90. The number of aromatic hydroxyl groups is 1. The Morgan fingerprint density at radius 2 is 2.00 bits per heavy atom. The van der Waals surface area contributed by atoms with Gasteiger partial charge in [0.2, 0.25) is 0 Å². The monoisotopic (exact) mass is 251 g/mol. The lowest BCUT2D eigenvalue weighted by molar-refractivity contribution is 0.156. The molecule has 0 spiro atoms. The van der Waals surface area contributed by atoms with Crippen LogP contribution in [0.4, 0.5) is 4.39 Å². The molecule has 1 aromatic carbocycles. The van der Waals surface area contributed by atoms with Crippen LogP contribution in [0.15, 0.2) is 18.2 Å². The molecule has 3 heteroatoms. The van der Waals surface area contributed by atoms with E-state index in [0.717, 1.165) is 18.7 Å². The number of rotatable bonds is 4. The van der Waals surface area contributed by atoms with E-state index in [2.05, 4.69) is 11.8 Å². The van der Waals surface area contributed by atoms with Gasteiger partial charge < -0.3 is 5.11 Å². The average Bonchev–Trinajstić information content (AvgIpc) is 2.41. The molecule has 100 valence electrons. The van der Waals surface area contributed by atoms with Gasteiger partial charge in [-0.2, -0.15) is 0 Å². The molecule has 1 aromatic rings. The van der Waals surface area contributed by atoms with Gasteiger partial charge in [-0.1, -0.05) is 32.3 Å². The number of hydrogen-bond donors (Lipinski definition) is 1. The second-order valence-electron chi connectivity index (χ2n) is 5.14. The number of phenols is 1. The molecule has 0 unspecified atom stereocenters. The van der Waals surface area contributed by atoms with Crippen molar-refractivity contribution in [1.29, 1.82) is 0 Å². The molecule has 0 aliphatic heterocycles. The van der Waals surface area contributed by atoms with Crippen LogP contribution < -0.4 is 0 Å². The van der Waals surface area contributed by atoms with Crippen molar-refractivity contribution >= 4 is 0 Å². The quantitative estimate of drug-likeness (QED) is 0.882. The van der Waals surface area contributed by atoms with E-state index < -0.39 is 5.82 Å². The second kappa shape index (κ2) is 6.19.